The van der Waals surface area contributed by atoms with Crippen LogP contribution in [0.2, 0.25) is 0 Å². The summed E-state index contributed by atoms with van der Waals surface area (Å²) < 4.78 is 7.12. The highest BCUT2D eigenvalue weighted by Gasteiger charge is 2.25. The van der Waals surface area contributed by atoms with E-state index < -0.39 is 5.60 Å². The highest BCUT2D eigenvalue weighted by Crippen LogP contribution is 2.20. The second-order valence-electron chi connectivity index (χ2n) is 9.17. The molecule has 1 aromatic carbocycles. The molecule has 0 saturated carbocycles. The Morgan fingerprint density at radius 3 is 2.56 bits per heavy atom. The van der Waals surface area contributed by atoms with Gasteiger partial charge in [-0.3, -0.25) is 4.79 Å². The average Bonchev–Trinajstić information content (AvgIpc) is 3.06. The van der Waals surface area contributed by atoms with Gasteiger partial charge in [0.1, 0.15) is 23.2 Å². The van der Waals surface area contributed by atoms with Gasteiger partial charge in [-0.25, -0.2) is 9.31 Å². The highest BCUT2D eigenvalue weighted by molar-refractivity contribution is 6.04. The highest BCUT2D eigenvalue weighted by atomic mass is 16.6. The quantitative estimate of drug-likeness (QED) is 0.636. The van der Waals surface area contributed by atoms with Crippen LogP contribution in [0.3, 0.4) is 0 Å². The maximum Gasteiger partial charge on any atom is 0.410 e. The van der Waals surface area contributed by atoms with Crippen molar-refractivity contribution in [3.05, 3.63) is 59.8 Å². The molecule has 1 aliphatic heterocycles. The van der Waals surface area contributed by atoms with Gasteiger partial charge in [-0.05, 0) is 63.6 Å². The predicted molar refractivity (Wildman–Crippen MR) is 129 cm³/mol. The number of para-hydroxylation sites is 1. The molecule has 2 aromatic heterocycles. The number of nitrogens with one attached hydrogen (secondary N) is 1. The van der Waals surface area contributed by atoms with Crippen molar-refractivity contribution in [2.24, 2.45) is 0 Å². The number of fused-ring (bicyclic) bond motifs is 1. The molecule has 4 rings (SSSR count). The van der Waals surface area contributed by atoms with Crippen molar-refractivity contribution in [3.8, 4) is 6.07 Å². The normalized spacial score (nSPS) is 14.4. The van der Waals surface area contributed by atoms with Gasteiger partial charge in [0.2, 0.25) is 0 Å². The molecule has 0 unspecified atom stereocenters. The van der Waals surface area contributed by atoms with Crippen LogP contribution < -0.4 is 10.2 Å². The van der Waals surface area contributed by atoms with Gasteiger partial charge in [0.25, 0.3) is 5.91 Å². The summed E-state index contributed by atoms with van der Waals surface area (Å²) in [6.45, 7) is 8.06. The third-order valence-corrected chi connectivity index (χ3v) is 5.49. The Balaban J connectivity index is 1.52. The lowest BCUT2D eigenvalue weighted by molar-refractivity contribution is 0.0263. The second-order valence-corrected chi connectivity index (χ2v) is 9.17. The van der Waals surface area contributed by atoms with Crippen LogP contribution in [0.4, 0.5) is 16.3 Å². The summed E-state index contributed by atoms with van der Waals surface area (Å²) in [5.41, 5.74) is 1.47. The first-order valence-electron chi connectivity index (χ1n) is 11.3. The van der Waals surface area contributed by atoms with Crippen LogP contribution in [0.1, 0.15) is 43.2 Å². The summed E-state index contributed by atoms with van der Waals surface area (Å²) in [4.78, 5) is 29.3. The number of aromatic nitrogens is 2. The molecule has 3 heterocycles. The first-order valence-corrected chi connectivity index (χ1v) is 11.3. The van der Waals surface area contributed by atoms with Crippen LogP contribution in [0.5, 0.6) is 0 Å². The number of nitriles is 1. The number of ether oxygens (including phenoxy) is 1. The van der Waals surface area contributed by atoms with Gasteiger partial charge in [0.15, 0.2) is 0 Å². The van der Waals surface area contributed by atoms with Gasteiger partial charge >= 0.3 is 6.09 Å². The van der Waals surface area contributed by atoms with E-state index in [2.05, 4.69) is 16.3 Å². The zero-order valence-electron chi connectivity index (χ0n) is 19.6. The predicted octanol–water partition coefficient (Wildman–Crippen LogP) is 3.91. The van der Waals surface area contributed by atoms with Gasteiger partial charge in [-0.1, -0.05) is 12.1 Å². The zero-order valence-corrected chi connectivity index (χ0v) is 19.6. The molecule has 0 radical (unpaired) electrons. The van der Waals surface area contributed by atoms with Crippen molar-refractivity contribution in [3.63, 3.8) is 0 Å². The van der Waals surface area contributed by atoms with Crippen molar-refractivity contribution in [2.75, 3.05) is 36.4 Å². The molecule has 0 spiro atoms. The fourth-order valence-corrected chi connectivity index (χ4v) is 3.85. The van der Waals surface area contributed by atoms with E-state index in [1.54, 1.807) is 39.7 Å². The number of amides is 2. The molecular weight excluding hydrogens is 432 g/mol. The van der Waals surface area contributed by atoms with E-state index in [4.69, 9.17) is 9.84 Å². The minimum atomic E-state index is -0.533. The maximum absolute atomic E-state index is 13.0. The smallest absolute Gasteiger partial charge is 0.410 e. The SMILES string of the molecule is CC(C)(C)OC(=O)N1CCCN(c2ccc3ccc(C(=O)Nc4ccccc4C#N)n3n2)CC1. The minimum Gasteiger partial charge on any atom is -0.444 e. The lowest BCUT2D eigenvalue weighted by Crippen LogP contribution is -2.39. The number of anilines is 2. The summed E-state index contributed by atoms with van der Waals surface area (Å²) in [5.74, 6) is 0.375. The molecular formula is C25H28N6O3. The monoisotopic (exact) mass is 460 g/mol. The number of hydrogen-bond donors (Lipinski definition) is 1. The fraction of sp³-hybridized carbons (Fsp3) is 0.360. The number of benzene rings is 1. The summed E-state index contributed by atoms with van der Waals surface area (Å²) >= 11 is 0. The van der Waals surface area contributed by atoms with Crippen molar-refractivity contribution < 1.29 is 14.3 Å². The lowest BCUT2D eigenvalue weighted by Gasteiger charge is -2.26. The van der Waals surface area contributed by atoms with Gasteiger partial charge in [0.05, 0.1) is 16.8 Å². The average molecular weight is 461 g/mol. The van der Waals surface area contributed by atoms with E-state index in [1.165, 1.54) is 0 Å². The molecule has 0 bridgehead atoms. The fourth-order valence-electron chi connectivity index (χ4n) is 3.85. The summed E-state index contributed by atoms with van der Waals surface area (Å²) in [5, 5.41) is 16.8. The summed E-state index contributed by atoms with van der Waals surface area (Å²) in [7, 11) is 0. The molecule has 1 saturated heterocycles. The summed E-state index contributed by atoms with van der Waals surface area (Å²) in [6, 6.07) is 16.3. The third-order valence-electron chi connectivity index (χ3n) is 5.49. The molecule has 3 aromatic rings. The standard InChI is InChI=1S/C25H28N6O3/c1-25(2,3)34-24(33)30-14-6-13-29(15-16-30)22-12-10-19-9-11-21(31(19)28-22)23(32)27-20-8-5-4-7-18(20)17-26/h4-5,7-12H,6,13-16H2,1-3H3,(H,27,32). The third kappa shape index (κ3) is 5.12. The Labute approximate surface area is 198 Å². The van der Waals surface area contributed by atoms with Crippen molar-refractivity contribution in [2.45, 2.75) is 32.8 Å². The Bertz CT molecular complexity index is 1250. The molecule has 1 fully saturated rings. The van der Waals surface area contributed by atoms with E-state index >= 15 is 0 Å². The molecule has 176 valence electrons. The number of nitrogens with zero attached hydrogens (tertiary/aromatic N) is 5. The Hall–Kier alpha value is -4.06. The Kier molecular flexibility index (Phi) is 6.41. The Morgan fingerprint density at radius 2 is 1.79 bits per heavy atom. The number of carbonyl (C=O) groups excluding carboxylic acids is 2. The molecule has 0 atom stereocenters. The molecule has 34 heavy (non-hydrogen) atoms. The topological polar surface area (TPSA) is 103 Å². The van der Waals surface area contributed by atoms with Crippen LogP contribution in [-0.4, -0.2) is 58.3 Å². The van der Waals surface area contributed by atoms with Gasteiger partial charge < -0.3 is 19.9 Å². The van der Waals surface area contributed by atoms with E-state index in [-0.39, 0.29) is 12.0 Å². The molecule has 1 aliphatic rings. The van der Waals surface area contributed by atoms with Crippen LogP contribution in [0.25, 0.3) is 5.52 Å². The van der Waals surface area contributed by atoms with E-state index in [1.807, 2.05) is 39.0 Å². The maximum atomic E-state index is 13.0. The largest absolute Gasteiger partial charge is 0.444 e. The minimum absolute atomic E-state index is 0.306. The van der Waals surface area contributed by atoms with E-state index in [0.29, 0.717) is 36.6 Å². The van der Waals surface area contributed by atoms with Crippen molar-refractivity contribution in [1.29, 1.82) is 5.26 Å². The zero-order chi connectivity index (χ0) is 24.3. The van der Waals surface area contributed by atoms with Gasteiger partial charge in [-0.2, -0.15) is 5.26 Å². The lowest BCUT2D eigenvalue weighted by atomic mass is 10.2. The van der Waals surface area contributed by atoms with Gasteiger partial charge in [-0.15, -0.1) is 5.10 Å². The molecule has 0 aliphatic carbocycles. The molecule has 9 heteroatoms. The molecule has 9 nitrogen and oxygen atoms in total. The first-order chi connectivity index (χ1) is 16.2. The number of hydrogen-bond acceptors (Lipinski definition) is 6. The van der Waals surface area contributed by atoms with Crippen molar-refractivity contribution >= 4 is 29.0 Å². The second kappa shape index (κ2) is 9.43. The van der Waals surface area contributed by atoms with Crippen LogP contribution in [-0.2, 0) is 4.74 Å². The number of rotatable bonds is 3. The first kappa shape index (κ1) is 23.1. The molecule has 2 amide bonds. The Morgan fingerprint density at radius 1 is 1.03 bits per heavy atom. The van der Waals surface area contributed by atoms with Crippen LogP contribution in [0, 0.1) is 11.3 Å². The number of carbonyl (C=O) groups is 2. The van der Waals surface area contributed by atoms with Gasteiger partial charge in [0, 0.05) is 26.2 Å². The van der Waals surface area contributed by atoms with Crippen molar-refractivity contribution in [1.82, 2.24) is 14.5 Å². The van der Waals surface area contributed by atoms with Crippen LogP contribution in [0.15, 0.2) is 48.5 Å². The summed E-state index contributed by atoms with van der Waals surface area (Å²) in [6.07, 6.45) is 0.475. The molecule has 1 N–H and O–H groups in total. The van der Waals surface area contributed by atoms with E-state index in [9.17, 15) is 14.9 Å². The van der Waals surface area contributed by atoms with Crippen LogP contribution >= 0.6 is 0 Å². The van der Waals surface area contributed by atoms with E-state index in [0.717, 1.165) is 24.3 Å².